The van der Waals surface area contributed by atoms with E-state index in [0.29, 0.717) is 24.8 Å². The molecule has 2 rings (SSSR count). The molecule has 2 N–H and O–H groups in total. The van der Waals surface area contributed by atoms with Crippen molar-refractivity contribution in [2.24, 2.45) is 0 Å². The van der Waals surface area contributed by atoms with Gasteiger partial charge >= 0.3 is 0 Å². The van der Waals surface area contributed by atoms with Crippen LogP contribution in [0.5, 0.6) is 5.88 Å². The molecule has 0 aliphatic rings. The zero-order chi connectivity index (χ0) is 16.3. The second-order valence-corrected chi connectivity index (χ2v) is 5.01. The Hall–Kier alpha value is -2.63. The molecule has 23 heavy (non-hydrogen) atoms. The van der Waals surface area contributed by atoms with Gasteiger partial charge in [-0.05, 0) is 24.6 Å². The number of unbranched alkanes of at least 4 members (excludes halogenated alkanes) is 1. The Labute approximate surface area is 136 Å². The number of rotatable bonds is 9. The van der Waals surface area contributed by atoms with Gasteiger partial charge in [0.05, 0.1) is 13.2 Å². The number of nitrogens with one attached hydrogen (secondary N) is 2. The third-order valence-electron chi connectivity index (χ3n) is 3.16. The van der Waals surface area contributed by atoms with Crippen molar-refractivity contribution >= 4 is 11.7 Å². The summed E-state index contributed by atoms with van der Waals surface area (Å²) in [6.07, 6.45) is 5.42. The SMILES string of the molecule is CCCCOc1ncccc1CNC(=O)CNc1ccccn1. The Kier molecular flexibility index (Phi) is 6.84. The number of ether oxygens (including phenoxy) is 1. The molecule has 0 aliphatic carbocycles. The summed E-state index contributed by atoms with van der Waals surface area (Å²) in [6, 6.07) is 9.24. The zero-order valence-corrected chi connectivity index (χ0v) is 13.3. The molecule has 2 aromatic heterocycles. The maximum Gasteiger partial charge on any atom is 0.239 e. The lowest BCUT2D eigenvalue weighted by atomic mass is 10.2. The molecule has 0 fully saturated rings. The predicted molar refractivity (Wildman–Crippen MR) is 89.2 cm³/mol. The van der Waals surface area contributed by atoms with Crippen molar-refractivity contribution < 1.29 is 9.53 Å². The van der Waals surface area contributed by atoms with Crippen LogP contribution in [0.25, 0.3) is 0 Å². The highest BCUT2D eigenvalue weighted by atomic mass is 16.5. The van der Waals surface area contributed by atoms with Crippen LogP contribution in [0.15, 0.2) is 42.7 Å². The summed E-state index contributed by atoms with van der Waals surface area (Å²) in [6.45, 7) is 3.30. The van der Waals surface area contributed by atoms with Gasteiger partial charge in [0.25, 0.3) is 0 Å². The van der Waals surface area contributed by atoms with Gasteiger partial charge in [0.15, 0.2) is 0 Å². The van der Waals surface area contributed by atoms with Crippen LogP contribution in [0.1, 0.15) is 25.3 Å². The van der Waals surface area contributed by atoms with E-state index in [1.165, 1.54) is 0 Å². The van der Waals surface area contributed by atoms with Crippen LogP contribution in [-0.2, 0) is 11.3 Å². The minimum absolute atomic E-state index is 0.112. The molecular weight excluding hydrogens is 292 g/mol. The zero-order valence-electron chi connectivity index (χ0n) is 13.3. The van der Waals surface area contributed by atoms with Crippen molar-refractivity contribution in [2.45, 2.75) is 26.3 Å². The van der Waals surface area contributed by atoms with E-state index in [9.17, 15) is 4.79 Å². The summed E-state index contributed by atoms with van der Waals surface area (Å²) in [5, 5.41) is 5.82. The molecule has 0 radical (unpaired) electrons. The van der Waals surface area contributed by atoms with E-state index in [4.69, 9.17) is 4.74 Å². The minimum atomic E-state index is -0.112. The van der Waals surface area contributed by atoms with Gasteiger partial charge in [0, 0.05) is 24.5 Å². The van der Waals surface area contributed by atoms with Crippen LogP contribution in [-0.4, -0.2) is 29.0 Å². The normalized spacial score (nSPS) is 10.1. The number of pyridine rings is 2. The van der Waals surface area contributed by atoms with E-state index >= 15 is 0 Å². The first-order chi connectivity index (χ1) is 11.3. The Balaban J connectivity index is 1.79. The summed E-state index contributed by atoms with van der Waals surface area (Å²) >= 11 is 0. The van der Waals surface area contributed by atoms with E-state index in [-0.39, 0.29) is 12.5 Å². The van der Waals surface area contributed by atoms with Crippen molar-refractivity contribution in [3.05, 3.63) is 48.3 Å². The fourth-order valence-corrected chi connectivity index (χ4v) is 1.90. The highest BCUT2D eigenvalue weighted by Crippen LogP contribution is 2.14. The first-order valence-electron chi connectivity index (χ1n) is 7.78. The fourth-order valence-electron chi connectivity index (χ4n) is 1.90. The van der Waals surface area contributed by atoms with Crippen LogP contribution < -0.4 is 15.4 Å². The first-order valence-corrected chi connectivity index (χ1v) is 7.78. The number of amides is 1. The van der Waals surface area contributed by atoms with E-state index < -0.39 is 0 Å². The summed E-state index contributed by atoms with van der Waals surface area (Å²) < 4.78 is 5.65. The lowest BCUT2D eigenvalue weighted by molar-refractivity contribution is -0.119. The highest BCUT2D eigenvalue weighted by Gasteiger charge is 2.07. The van der Waals surface area contributed by atoms with Crippen LogP contribution in [0.3, 0.4) is 0 Å². The summed E-state index contributed by atoms with van der Waals surface area (Å²) in [7, 11) is 0. The third kappa shape index (κ3) is 5.94. The molecule has 2 aromatic rings. The Bertz CT molecular complexity index is 605. The number of carbonyl (C=O) groups excluding carboxylic acids is 1. The third-order valence-corrected chi connectivity index (χ3v) is 3.16. The summed E-state index contributed by atoms with van der Waals surface area (Å²) in [5.41, 5.74) is 0.870. The van der Waals surface area contributed by atoms with Crippen LogP contribution in [0.2, 0.25) is 0 Å². The molecule has 2 heterocycles. The number of hydrogen-bond donors (Lipinski definition) is 2. The van der Waals surface area contributed by atoms with Crippen molar-refractivity contribution in [1.82, 2.24) is 15.3 Å². The molecule has 0 aromatic carbocycles. The molecule has 6 nitrogen and oxygen atoms in total. The van der Waals surface area contributed by atoms with Gasteiger partial charge < -0.3 is 15.4 Å². The maximum atomic E-state index is 11.9. The number of hydrogen-bond acceptors (Lipinski definition) is 5. The smallest absolute Gasteiger partial charge is 0.239 e. The Morgan fingerprint density at radius 1 is 1.17 bits per heavy atom. The monoisotopic (exact) mass is 314 g/mol. The number of anilines is 1. The highest BCUT2D eigenvalue weighted by molar-refractivity contribution is 5.80. The molecule has 0 spiro atoms. The second-order valence-electron chi connectivity index (χ2n) is 5.01. The molecule has 122 valence electrons. The Morgan fingerprint density at radius 2 is 2.04 bits per heavy atom. The van der Waals surface area contributed by atoms with Gasteiger partial charge in [-0.3, -0.25) is 4.79 Å². The largest absolute Gasteiger partial charge is 0.477 e. The van der Waals surface area contributed by atoms with Gasteiger partial charge in [-0.25, -0.2) is 9.97 Å². The van der Waals surface area contributed by atoms with E-state index in [1.54, 1.807) is 12.4 Å². The topological polar surface area (TPSA) is 76.1 Å². The number of nitrogens with zero attached hydrogens (tertiary/aromatic N) is 2. The standard InChI is InChI=1S/C17H22N4O2/c1-2-3-11-23-17-14(7-6-10-19-17)12-21-16(22)13-20-15-8-4-5-9-18-15/h4-10H,2-3,11-13H2,1H3,(H,18,20)(H,21,22). The van der Waals surface area contributed by atoms with Crippen molar-refractivity contribution in [2.75, 3.05) is 18.5 Å². The van der Waals surface area contributed by atoms with Crippen molar-refractivity contribution in [3.63, 3.8) is 0 Å². The molecular formula is C17H22N4O2. The maximum absolute atomic E-state index is 11.9. The molecule has 1 amide bonds. The summed E-state index contributed by atoms with van der Waals surface area (Å²) in [4.78, 5) is 20.2. The summed E-state index contributed by atoms with van der Waals surface area (Å²) in [5.74, 6) is 1.14. The van der Waals surface area contributed by atoms with Gasteiger partial charge in [-0.2, -0.15) is 0 Å². The lowest BCUT2D eigenvalue weighted by Crippen LogP contribution is -2.29. The molecule has 6 heteroatoms. The van der Waals surface area contributed by atoms with Crippen LogP contribution >= 0.6 is 0 Å². The van der Waals surface area contributed by atoms with Gasteiger partial charge in [-0.1, -0.05) is 25.5 Å². The van der Waals surface area contributed by atoms with Crippen molar-refractivity contribution in [1.29, 1.82) is 0 Å². The molecule has 0 atom stereocenters. The van der Waals surface area contributed by atoms with Gasteiger partial charge in [0.1, 0.15) is 5.82 Å². The van der Waals surface area contributed by atoms with Gasteiger partial charge in [0.2, 0.25) is 11.8 Å². The van der Waals surface area contributed by atoms with Crippen molar-refractivity contribution in [3.8, 4) is 5.88 Å². The predicted octanol–water partition coefficient (Wildman–Crippen LogP) is 2.38. The van der Waals surface area contributed by atoms with Crippen LogP contribution in [0, 0.1) is 0 Å². The number of aromatic nitrogens is 2. The Morgan fingerprint density at radius 3 is 2.83 bits per heavy atom. The second kappa shape index (κ2) is 9.40. The van der Waals surface area contributed by atoms with E-state index in [2.05, 4.69) is 27.5 Å². The average Bonchev–Trinajstić information content (AvgIpc) is 2.60. The first kappa shape index (κ1) is 16.7. The van der Waals surface area contributed by atoms with Gasteiger partial charge in [-0.15, -0.1) is 0 Å². The van der Waals surface area contributed by atoms with Crippen LogP contribution in [0.4, 0.5) is 5.82 Å². The molecule has 0 aliphatic heterocycles. The molecule has 0 saturated carbocycles. The molecule has 0 bridgehead atoms. The molecule has 0 saturated heterocycles. The quantitative estimate of drug-likeness (QED) is 0.695. The minimum Gasteiger partial charge on any atom is -0.477 e. The average molecular weight is 314 g/mol. The molecule has 0 unspecified atom stereocenters. The van der Waals surface area contributed by atoms with E-state index in [0.717, 1.165) is 18.4 Å². The lowest BCUT2D eigenvalue weighted by Gasteiger charge is -2.11. The van der Waals surface area contributed by atoms with E-state index in [1.807, 2.05) is 30.3 Å². The number of carbonyl (C=O) groups is 1. The fraction of sp³-hybridized carbons (Fsp3) is 0.353.